The molecule has 0 saturated carbocycles. The van der Waals surface area contributed by atoms with Crippen molar-refractivity contribution in [2.45, 2.75) is 20.4 Å². The number of nitrogens with one attached hydrogen (secondary N) is 1. The molecular weight excluding hydrogens is 246 g/mol. The van der Waals surface area contributed by atoms with Gasteiger partial charge in [-0.1, -0.05) is 29.3 Å². The highest BCUT2D eigenvalue weighted by Gasteiger charge is 2.15. The van der Waals surface area contributed by atoms with Gasteiger partial charge in [-0.25, -0.2) is 4.98 Å². The highest BCUT2D eigenvalue weighted by atomic mass is 35.5. The number of hydrogen-bond acceptors (Lipinski definition) is 2. The van der Waals surface area contributed by atoms with Crippen molar-refractivity contribution in [3.05, 3.63) is 40.2 Å². The smallest absolute Gasteiger partial charge is 0.152 e. The molecular formula is C14H18ClN3. The standard InChI is InChI=1S/C14H18ClN3/c1-9-5-6-10(2)11(7-9)14-17-13(15)12(8-16-3)18(14)4/h5-7,16H,8H2,1-4H3. The maximum Gasteiger partial charge on any atom is 0.152 e. The van der Waals surface area contributed by atoms with Crippen LogP contribution >= 0.6 is 11.6 Å². The van der Waals surface area contributed by atoms with Crippen molar-refractivity contribution in [1.82, 2.24) is 14.9 Å². The van der Waals surface area contributed by atoms with Gasteiger partial charge in [-0.15, -0.1) is 0 Å². The van der Waals surface area contributed by atoms with Crippen molar-refractivity contribution < 1.29 is 0 Å². The van der Waals surface area contributed by atoms with Gasteiger partial charge in [0.2, 0.25) is 0 Å². The summed E-state index contributed by atoms with van der Waals surface area (Å²) < 4.78 is 2.06. The van der Waals surface area contributed by atoms with Crippen LogP contribution in [0.4, 0.5) is 0 Å². The van der Waals surface area contributed by atoms with E-state index in [1.807, 2.05) is 14.1 Å². The quantitative estimate of drug-likeness (QED) is 0.922. The van der Waals surface area contributed by atoms with Gasteiger partial charge in [-0.2, -0.15) is 0 Å². The third-order valence-corrected chi connectivity index (χ3v) is 3.45. The van der Waals surface area contributed by atoms with Gasteiger partial charge < -0.3 is 9.88 Å². The van der Waals surface area contributed by atoms with Gasteiger partial charge in [-0.05, 0) is 32.5 Å². The Labute approximate surface area is 113 Å². The molecule has 1 aromatic carbocycles. The van der Waals surface area contributed by atoms with Crippen molar-refractivity contribution in [1.29, 1.82) is 0 Å². The van der Waals surface area contributed by atoms with Crippen LogP contribution in [0.2, 0.25) is 5.15 Å². The van der Waals surface area contributed by atoms with Gasteiger partial charge in [0.15, 0.2) is 5.15 Å². The number of benzene rings is 1. The molecule has 0 amide bonds. The first-order chi connectivity index (χ1) is 8.54. The summed E-state index contributed by atoms with van der Waals surface area (Å²) in [6, 6.07) is 6.38. The fourth-order valence-corrected chi connectivity index (χ4v) is 2.35. The fraction of sp³-hybridized carbons (Fsp3) is 0.357. The number of halogens is 1. The van der Waals surface area contributed by atoms with Crippen LogP contribution in [0, 0.1) is 13.8 Å². The number of hydrogen-bond donors (Lipinski definition) is 1. The van der Waals surface area contributed by atoms with Crippen molar-refractivity contribution in [3.8, 4) is 11.4 Å². The number of rotatable bonds is 3. The second-order valence-electron chi connectivity index (χ2n) is 4.58. The summed E-state index contributed by atoms with van der Waals surface area (Å²) in [4.78, 5) is 4.49. The Morgan fingerprint density at radius 3 is 2.72 bits per heavy atom. The zero-order valence-corrected chi connectivity index (χ0v) is 12.0. The van der Waals surface area contributed by atoms with Crippen LogP contribution in [-0.2, 0) is 13.6 Å². The van der Waals surface area contributed by atoms with Crippen LogP contribution in [0.3, 0.4) is 0 Å². The lowest BCUT2D eigenvalue weighted by molar-refractivity contribution is 0.737. The van der Waals surface area contributed by atoms with Gasteiger partial charge >= 0.3 is 0 Å². The summed E-state index contributed by atoms with van der Waals surface area (Å²) in [5.41, 5.74) is 4.59. The second-order valence-corrected chi connectivity index (χ2v) is 4.94. The molecule has 4 heteroatoms. The molecule has 2 rings (SSSR count). The van der Waals surface area contributed by atoms with Gasteiger partial charge in [0.1, 0.15) is 5.82 Å². The molecule has 96 valence electrons. The largest absolute Gasteiger partial charge is 0.329 e. The van der Waals surface area contributed by atoms with Crippen molar-refractivity contribution >= 4 is 11.6 Å². The van der Waals surface area contributed by atoms with Gasteiger partial charge in [0.25, 0.3) is 0 Å². The molecule has 0 radical (unpaired) electrons. The van der Waals surface area contributed by atoms with E-state index >= 15 is 0 Å². The van der Waals surface area contributed by atoms with Gasteiger partial charge in [0, 0.05) is 19.2 Å². The Bertz CT molecular complexity index is 573. The van der Waals surface area contributed by atoms with E-state index in [9.17, 15) is 0 Å². The molecule has 18 heavy (non-hydrogen) atoms. The van der Waals surface area contributed by atoms with E-state index in [4.69, 9.17) is 11.6 Å². The Morgan fingerprint density at radius 1 is 1.33 bits per heavy atom. The SMILES string of the molecule is CNCc1c(Cl)nc(-c2cc(C)ccc2C)n1C. The normalized spacial score (nSPS) is 10.9. The first-order valence-electron chi connectivity index (χ1n) is 5.98. The molecule has 0 aliphatic carbocycles. The lowest BCUT2D eigenvalue weighted by Crippen LogP contribution is -2.10. The van der Waals surface area contributed by atoms with E-state index in [1.54, 1.807) is 0 Å². The Hall–Kier alpha value is -1.32. The van der Waals surface area contributed by atoms with E-state index in [0.717, 1.165) is 17.1 Å². The number of imidazole rings is 1. The highest BCUT2D eigenvalue weighted by molar-refractivity contribution is 6.30. The highest BCUT2D eigenvalue weighted by Crippen LogP contribution is 2.27. The average molecular weight is 264 g/mol. The van der Waals surface area contributed by atoms with Crippen LogP contribution < -0.4 is 5.32 Å². The molecule has 1 N–H and O–H groups in total. The molecule has 2 aromatic rings. The molecule has 0 bridgehead atoms. The first kappa shape index (κ1) is 13.1. The van der Waals surface area contributed by atoms with Crippen LogP contribution in [0.15, 0.2) is 18.2 Å². The molecule has 0 aliphatic heterocycles. The monoisotopic (exact) mass is 263 g/mol. The second kappa shape index (κ2) is 5.12. The summed E-state index contributed by atoms with van der Waals surface area (Å²) in [6.07, 6.45) is 0. The summed E-state index contributed by atoms with van der Waals surface area (Å²) in [5, 5.41) is 3.68. The van der Waals surface area contributed by atoms with Crippen LogP contribution in [0.5, 0.6) is 0 Å². The minimum Gasteiger partial charge on any atom is -0.329 e. The molecule has 0 unspecified atom stereocenters. The molecule has 0 aliphatic rings. The number of aromatic nitrogens is 2. The summed E-state index contributed by atoms with van der Waals surface area (Å²) in [6.45, 7) is 4.89. The first-order valence-corrected chi connectivity index (χ1v) is 6.35. The topological polar surface area (TPSA) is 29.9 Å². The molecule has 1 heterocycles. The van der Waals surface area contributed by atoms with Crippen molar-refractivity contribution in [3.63, 3.8) is 0 Å². The summed E-state index contributed by atoms with van der Waals surface area (Å²) in [5.74, 6) is 0.923. The lowest BCUT2D eigenvalue weighted by Gasteiger charge is -2.09. The molecule has 0 atom stereocenters. The zero-order valence-electron chi connectivity index (χ0n) is 11.2. The number of aryl methyl sites for hydroxylation is 2. The maximum atomic E-state index is 6.20. The average Bonchev–Trinajstić information content (AvgIpc) is 2.61. The fourth-order valence-electron chi connectivity index (χ4n) is 2.08. The van der Waals surface area contributed by atoms with Crippen molar-refractivity contribution in [2.75, 3.05) is 7.05 Å². The van der Waals surface area contributed by atoms with Crippen LogP contribution in [0.25, 0.3) is 11.4 Å². The Morgan fingerprint density at radius 2 is 2.06 bits per heavy atom. The Balaban J connectivity index is 2.57. The van der Waals surface area contributed by atoms with E-state index in [-0.39, 0.29) is 0 Å². The molecule has 0 spiro atoms. The van der Waals surface area contributed by atoms with Gasteiger partial charge in [0.05, 0.1) is 5.69 Å². The molecule has 1 aromatic heterocycles. The maximum absolute atomic E-state index is 6.20. The minimum atomic E-state index is 0.572. The summed E-state index contributed by atoms with van der Waals surface area (Å²) >= 11 is 6.20. The van der Waals surface area contributed by atoms with Crippen molar-refractivity contribution in [2.24, 2.45) is 7.05 Å². The van der Waals surface area contributed by atoms with E-state index < -0.39 is 0 Å². The third kappa shape index (κ3) is 2.28. The minimum absolute atomic E-state index is 0.572. The van der Waals surface area contributed by atoms with E-state index in [1.165, 1.54) is 11.1 Å². The van der Waals surface area contributed by atoms with E-state index in [2.05, 4.69) is 46.9 Å². The van der Waals surface area contributed by atoms with E-state index in [0.29, 0.717) is 11.7 Å². The van der Waals surface area contributed by atoms with Crippen LogP contribution in [0.1, 0.15) is 16.8 Å². The predicted octanol–water partition coefficient (Wildman–Crippen LogP) is 3.08. The van der Waals surface area contributed by atoms with Crippen LogP contribution in [-0.4, -0.2) is 16.6 Å². The molecule has 0 saturated heterocycles. The summed E-state index contributed by atoms with van der Waals surface area (Å²) in [7, 11) is 3.91. The molecule has 3 nitrogen and oxygen atoms in total. The zero-order chi connectivity index (χ0) is 13.3. The molecule has 0 fully saturated rings. The Kier molecular flexibility index (Phi) is 3.73. The third-order valence-electron chi connectivity index (χ3n) is 3.14. The lowest BCUT2D eigenvalue weighted by atomic mass is 10.1. The predicted molar refractivity (Wildman–Crippen MR) is 75.9 cm³/mol. The van der Waals surface area contributed by atoms with Gasteiger partial charge in [-0.3, -0.25) is 0 Å². The number of nitrogens with zero attached hydrogens (tertiary/aromatic N) is 2.